The second-order valence-corrected chi connectivity index (χ2v) is 14.3. The summed E-state index contributed by atoms with van der Waals surface area (Å²) in [5, 5.41) is 0. The van der Waals surface area contributed by atoms with Crippen molar-refractivity contribution >= 4 is 5.57 Å². The maximum Gasteiger partial charge on any atom is 0.0344 e. The molecule has 3 atom stereocenters. The predicted molar refractivity (Wildman–Crippen MR) is 178 cm³/mol. The van der Waals surface area contributed by atoms with Crippen LogP contribution in [0, 0.1) is 35.0 Å². The fraction of sp³-hybridized carbons (Fsp3) is 0.415. The predicted octanol–water partition coefficient (Wildman–Crippen LogP) is 10.9. The van der Waals surface area contributed by atoms with Crippen LogP contribution in [0.2, 0.25) is 0 Å². The van der Waals surface area contributed by atoms with Crippen LogP contribution in [0.1, 0.15) is 108 Å². The Morgan fingerprint density at radius 3 is 2.27 bits per heavy atom. The van der Waals surface area contributed by atoms with E-state index in [4.69, 9.17) is 13.2 Å². The monoisotopic (exact) mass is 540 g/mol. The maximum absolute atomic E-state index is 4.89. The first-order valence-electron chi connectivity index (χ1n) is 15.3. The van der Waals surface area contributed by atoms with E-state index in [1.54, 1.807) is 0 Å². The Morgan fingerprint density at radius 2 is 1.66 bits per heavy atom. The van der Waals surface area contributed by atoms with Crippen LogP contribution in [0.3, 0.4) is 0 Å². The highest BCUT2D eigenvalue weighted by atomic mass is 14.6. The van der Waals surface area contributed by atoms with Crippen molar-refractivity contribution in [3.05, 3.63) is 123 Å². The normalized spacial score (nSPS) is 27.3. The highest BCUT2D eigenvalue weighted by Crippen LogP contribution is 2.70. The third-order valence-corrected chi connectivity index (χ3v) is 11.0. The zero-order valence-electron chi connectivity index (χ0n) is 27.0. The summed E-state index contributed by atoms with van der Waals surface area (Å²) < 4.78 is 0. The fourth-order valence-electron chi connectivity index (χ4n) is 9.11. The molecule has 2 aromatic rings. The minimum atomic E-state index is -0.141. The van der Waals surface area contributed by atoms with E-state index in [9.17, 15) is 0 Å². The van der Waals surface area contributed by atoms with Crippen LogP contribution in [0.25, 0.3) is 5.57 Å². The number of fused-ring (bicyclic) bond motifs is 3. The molecule has 0 aliphatic heterocycles. The van der Waals surface area contributed by atoms with Crippen LogP contribution >= 0.6 is 0 Å². The van der Waals surface area contributed by atoms with Gasteiger partial charge in [-0.05, 0) is 120 Å². The maximum atomic E-state index is 4.89. The lowest BCUT2D eigenvalue weighted by Crippen LogP contribution is -2.52. The number of hydrogen-bond donors (Lipinski definition) is 0. The summed E-state index contributed by atoms with van der Waals surface area (Å²) >= 11 is 0. The van der Waals surface area contributed by atoms with Gasteiger partial charge in [-0.2, -0.15) is 0 Å². The van der Waals surface area contributed by atoms with Crippen molar-refractivity contribution in [2.24, 2.45) is 16.2 Å². The third-order valence-electron chi connectivity index (χ3n) is 11.0. The molecule has 0 fully saturated rings. The zero-order chi connectivity index (χ0) is 30.1. The molecule has 0 saturated heterocycles. The molecule has 212 valence electrons. The molecule has 0 N–H and O–H groups in total. The molecule has 3 aliphatic rings. The van der Waals surface area contributed by atoms with Gasteiger partial charge >= 0.3 is 0 Å². The summed E-state index contributed by atoms with van der Waals surface area (Å²) in [5.41, 5.74) is 17.1. The molecular weight excluding hydrogens is 492 g/mol. The molecule has 0 heterocycles. The van der Waals surface area contributed by atoms with Crippen LogP contribution < -0.4 is 0 Å². The van der Waals surface area contributed by atoms with Crippen LogP contribution in [-0.2, 0) is 12.8 Å². The van der Waals surface area contributed by atoms with Crippen molar-refractivity contribution in [2.45, 2.75) is 93.9 Å². The van der Waals surface area contributed by atoms with E-state index < -0.39 is 0 Å². The lowest BCUT2D eigenvalue weighted by Gasteiger charge is -2.62. The number of rotatable bonds is 3. The average molecular weight is 541 g/mol. The minimum Gasteiger partial charge on any atom is -0.0955 e. The molecule has 0 amide bonds. The Bertz CT molecular complexity index is 1620. The summed E-state index contributed by atoms with van der Waals surface area (Å²) in [7, 11) is 0. The van der Waals surface area contributed by atoms with Gasteiger partial charge in [0.25, 0.3) is 0 Å². The second-order valence-electron chi connectivity index (χ2n) is 14.3. The van der Waals surface area contributed by atoms with Crippen LogP contribution in [0.4, 0.5) is 0 Å². The molecule has 0 nitrogen and oxygen atoms in total. The Kier molecular flexibility index (Phi) is 7.06. The first kappa shape index (κ1) is 29.2. The number of benzene rings is 2. The van der Waals surface area contributed by atoms with Crippen LogP contribution in [-0.4, -0.2) is 0 Å². The van der Waals surface area contributed by atoms with E-state index in [1.165, 1.54) is 61.3 Å². The SMILES string of the molecule is C=C(C)C1=C(C)C[C@@]2(C)C[C@@]3(C)Cc4c(C(C)C)cc(C#CCc5ccccc5)c(C)c4C(=C)C3=C(C)[C@@]2(C)C1=C. The number of hydrogen-bond acceptors (Lipinski definition) is 0. The lowest BCUT2D eigenvalue weighted by atomic mass is 9.41. The van der Waals surface area contributed by atoms with Gasteiger partial charge in [0.2, 0.25) is 0 Å². The van der Waals surface area contributed by atoms with Crippen LogP contribution in [0.5, 0.6) is 0 Å². The van der Waals surface area contributed by atoms with E-state index in [2.05, 4.69) is 117 Å². The van der Waals surface area contributed by atoms with E-state index in [-0.39, 0.29) is 16.2 Å². The highest BCUT2D eigenvalue weighted by Gasteiger charge is 2.59. The molecule has 41 heavy (non-hydrogen) atoms. The van der Waals surface area contributed by atoms with Crippen LogP contribution in [0.15, 0.2) is 89.6 Å². The zero-order valence-corrected chi connectivity index (χ0v) is 27.0. The lowest BCUT2D eigenvalue weighted by molar-refractivity contribution is 0.0543. The van der Waals surface area contributed by atoms with Gasteiger partial charge < -0.3 is 0 Å². The van der Waals surface area contributed by atoms with Crippen molar-refractivity contribution in [2.75, 3.05) is 0 Å². The highest BCUT2D eigenvalue weighted by molar-refractivity contribution is 5.88. The molecule has 0 bridgehead atoms. The minimum absolute atomic E-state index is 0.0281. The fourth-order valence-corrected chi connectivity index (χ4v) is 9.11. The van der Waals surface area contributed by atoms with Gasteiger partial charge in [0.15, 0.2) is 0 Å². The van der Waals surface area contributed by atoms with E-state index >= 15 is 0 Å². The smallest absolute Gasteiger partial charge is 0.0344 e. The van der Waals surface area contributed by atoms with E-state index in [1.807, 2.05) is 0 Å². The van der Waals surface area contributed by atoms with Gasteiger partial charge in [0.1, 0.15) is 0 Å². The molecule has 0 saturated carbocycles. The molecule has 0 aromatic heterocycles. The summed E-state index contributed by atoms with van der Waals surface area (Å²) in [5.74, 6) is 7.47. The summed E-state index contributed by atoms with van der Waals surface area (Å²) in [6.45, 7) is 35.2. The molecule has 2 aromatic carbocycles. The Balaban J connectivity index is 1.70. The molecule has 0 spiro atoms. The Morgan fingerprint density at radius 1 is 1.00 bits per heavy atom. The van der Waals surface area contributed by atoms with E-state index in [0.29, 0.717) is 5.92 Å². The second kappa shape index (κ2) is 9.91. The molecule has 0 radical (unpaired) electrons. The topological polar surface area (TPSA) is 0 Å². The van der Waals surface area contributed by atoms with E-state index in [0.717, 1.165) is 36.8 Å². The quantitative estimate of drug-likeness (QED) is 0.340. The van der Waals surface area contributed by atoms with Crippen molar-refractivity contribution < 1.29 is 0 Å². The Labute approximate surface area is 250 Å². The number of allylic oxidation sites excluding steroid dienone is 7. The van der Waals surface area contributed by atoms with Gasteiger partial charge in [0.05, 0.1) is 0 Å². The van der Waals surface area contributed by atoms with Gasteiger partial charge in [0, 0.05) is 17.4 Å². The molecular formula is C41H48. The molecule has 3 aliphatic carbocycles. The first-order chi connectivity index (χ1) is 19.2. The summed E-state index contributed by atoms with van der Waals surface area (Å²) in [4.78, 5) is 0. The molecule has 0 heteroatoms. The van der Waals surface area contributed by atoms with Gasteiger partial charge in [-0.1, -0.05) is 113 Å². The summed E-state index contributed by atoms with van der Waals surface area (Å²) in [6.07, 6.45) is 4.01. The third kappa shape index (κ3) is 4.27. The first-order valence-corrected chi connectivity index (χ1v) is 15.3. The Hall–Kier alpha value is -3.30. The van der Waals surface area contributed by atoms with Crippen molar-refractivity contribution in [3.8, 4) is 11.8 Å². The van der Waals surface area contributed by atoms with Gasteiger partial charge in [-0.3, -0.25) is 0 Å². The van der Waals surface area contributed by atoms with Gasteiger partial charge in [-0.25, -0.2) is 0 Å². The average Bonchev–Trinajstić information content (AvgIpc) is 2.87. The standard InChI is InChI=1S/C41H48/c1-25(2)34-21-33(20-16-19-32-17-14-13-15-18-32)28(6)37-29(7)38-31(9)41(12)30(8)36(26(3)4)27(5)22-40(41,11)24-39(38,10)23-35(34)37/h13-15,17-18,21,25H,3,7-8,19,22-24H2,1-2,4-6,9-12H3/t39-,40+,41-/m1/s1. The molecule has 5 rings (SSSR count). The largest absolute Gasteiger partial charge is 0.0955 e. The van der Waals surface area contributed by atoms with Crippen molar-refractivity contribution in [1.82, 2.24) is 0 Å². The van der Waals surface area contributed by atoms with Crippen molar-refractivity contribution in [1.29, 1.82) is 0 Å². The van der Waals surface area contributed by atoms with Gasteiger partial charge in [-0.15, -0.1) is 0 Å². The molecule has 0 unspecified atom stereocenters. The summed E-state index contributed by atoms with van der Waals surface area (Å²) in [6, 6.07) is 12.9. The van der Waals surface area contributed by atoms with Crippen molar-refractivity contribution in [3.63, 3.8) is 0 Å².